The van der Waals surface area contributed by atoms with Gasteiger partial charge in [0.1, 0.15) is 17.0 Å². The van der Waals surface area contributed by atoms with E-state index in [4.69, 9.17) is 9.40 Å². The zero-order valence-electron chi connectivity index (χ0n) is 32.6. The van der Waals surface area contributed by atoms with Gasteiger partial charge in [-0.3, -0.25) is 4.57 Å². The quantitative estimate of drug-likeness (QED) is 0.169. The lowest BCUT2D eigenvalue weighted by Gasteiger charge is -2.14. The van der Waals surface area contributed by atoms with Crippen LogP contribution in [0.1, 0.15) is 0 Å². The molecule has 3 aromatic heterocycles. The largest absolute Gasteiger partial charge is 0.456 e. The molecule has 9 aromatic carbocycles. The van der Waals surface area contributed by atoms with Gasteiger partial charge < -0.3 is 4.42 Å². The van der Waals surface area contributed by atoms with Crippen molar-refractivity contribution in [1.29, 1.82) is 0 Å². The summed E-state index contributed by atoms with van der Waals surface area (Å²) in [7, 11) is 0. The molecule has 0 unspecified atom stereocenters. The zero-order valence-corrected chi connectivity index (χ0v) is 32.6. The molecule has 0 aliphatic heterocycles. The predicted octanol–water partition coefficient (Wildman–Crippen LogP) is 15.6. The number of nitrogens with zero attached hydrogens (tertiary/aromatic N) is 2. The lowest BCUT2D eigenvalue weighted by atomic mass is 9.98. The molecule has 12 aromatic rings. The highest BCUT2D eigenvalue weighted by atomic mass is 16.3. The summed E-state index contributed by atoms with van der Waals surface area (Å²) in [4.78, 5) is 5.51. The van der Waals surface area contributed by atoms with E-state index < -0.39 is 0 Å². The Morgan fingerprint density at radius 2 is 0.833 bits per heavy atom. The van der Waals surface area contributed by atoms with Crippen LogP contribution < -0.4 is 0 Å². The first-order chi connectivity index (χ1) is 29.7. The van der Waals surface area contributed by atoms with Gasteiger partial charge in [-0.2, -0.15) is 0 Å². The van der Waals surface area contributed by atoms with Crippen LogP contribution in [0.15, 0.2) is 223 Å². The van der Waals surface area contributed by atoms with Gasteiger partial charge in [0.2, 0.25) is 0 Å². The minimum Gasteiger partial charge on any atom is -0.456 e. The Hall–Kier alpha value is -8.01. The van der Waals surface area contributed by atoms with Gasteiger partial charge >= 0.3 is 0 Å². The first-order valence-electron chi connectivity index (χ1n) is 20.4. The number of pyridine rings is 1. The molecular formula is C57H36N2O. The number of aromatic nitrogens is 2. The molecule has 3 heteroatoms. The highest BCUT2D eigenvalue weighted by Gasteiger charge is 2.19. The normalized spacial score (nSPS) is 11.7. The van der Waals surface area contributed by atoms with Crippen LogP contribution in [0, 0.1) is 0 Å². The van der Waals surface area contributed by atoms with Crippen molar-refractivity contribution >= 4 is 54.5 Å². The molecule has 12 rings (SSSR count). The molecule has 0 radical (unpaired) electrons. The monoisotopic (exact) mass is 764 g/mol. The lowest BCUT2D eigenvalue weighted by molar-refractivity contribution is 0.669. The Bertz CT molecular complexity index is 3460. The van der Waals surface area contributed by atoms with Crippen LogP contribution in [-0.4, -0.2) is 9.55 Å². The van der Waals surface area contributed by atoms with E-state index in [0.717, 1.165) is 72.3 Å². The molecule has 3 heterocycles. The van der Waals surface area contributed by atoms with E-state index in [9.17, 15) is 0 Å². The van der Waals surface area contributed by atoms with Crippen molar-refractivity contribution in [2.75, 3.05) is 0 Å². The number of benzene rings is 9. The third-order valence-electron chi connectivity index (χ3n) is 12.0. The summed E-state index contributed by atoms with van der Waals surface area (Å²) in [6.45, 7) is 0. The zero-order chi connectivity index (χ0) is 39.6. The summed E-state index contributed by atoms with van der Waals surface area (Å²) >= 11 is 0. The average molecular weight is 765 g/mol. The minimum absolute atomic E-state index is 0.871. The van der Waals surface area contributed by atoms with Crippen LogP contribution in [-0.2, 0) is 0 Å². The van der Waals surface area contributed by atoms with Crippen molar-refractivity contribution in [3.05, 3.63) is 218 Å². The predicted molar refractivity (Wildman–Crippen MR) is 251 cm³/mol. The third-order valence-corrected chi connectivity index (χ3v) is 12.0. The molecule has 0 saturated heterocycles. The van der Waals surface area contributed by atoms with E-state index in [1.165, 1.54) is 43.8 Å². The third kappa shape index (κ3) is 5.71. The number of para-hydroxylation sites is 1. The molecule has 0 amide bonds. The second-order valence-electron chi connectivity index (χ2n) is 15.5. The van der Waals surface area contributed by atoms with Crippen molar-refractivity contribution in [2.45, 2.75) is 0 Å². The molecule has 0 bridgehead atoms. The molecule has 3 nitrogen and oxygen atoms in total. The maximum absolute atomic E-state index is 6.20. The van der Waals surface area contributed by atoms with E-state index in [1.54, 1.807) is 0 Å². The Labute approximate surface area is 347 Å². The molecule has 0 spiro atoms. The van der Waals surface area contributed by atoms with Gasteiger partial charge in [0.15, 0.2) is 0 Å². The Morgan fingerprint density at radius 3 is 1.55 bits per heavy atom. The van der Waals surface area contributed by atoms with E-state index in [-0.39, 0.29) is 0 Å². The highest BCUT2D eigenvalue weighted by molar-refractivity contribution is 6.22. The summed E-state index contributed by atoms with van der Waals surface area (Å²) in [5.74, 6) is 0.871. The molecular weight excluding hydrogens is 729 g/mol. The van der Waals surface area contributed by atoms with Gasteiger partial charge in [0.05, 0.1) is 16.7 Å². The van der Waals surface area contributed by atoms with Crippen LogP contribution in [0.25, 0.3) is 116 Å². The standard InChI is InChI=1S/C57H36N2O/c1-3-11-37(12-4-1)39-19-21-41(22-20-39)46-35-51(43-25-23-40(24-26-43)38-13-5-2-6-14-38)58-56(36-46)59-52-30-28-44(34-50(52)57-47-16-8-7-15-42(47)27-31-53(57)59)45-29-32-55-49(33-45)48-17-9-10-18-54(48)60-55/h1-36H. The number of furan rings is 1. The van der Waals surface area contributed by atoms with Gasteiger partial charge in [-0.25, -0.2) is 4.98 Å². The van der Waals surface area contributed by atoms with E-state index in [2.05, 4.69) is 211 Å². The van der Waals surface area contributed by atoms with Crippen molar-refractivity contribution in [2.24, 2.45) is 0 Å². The fourth-order valence-electron chi connectivity index (χ4n) is 9.02. The second-order valence-corrected chi connectivity index (χ2v) is 15.5. The maximum atomic E-state index is 6.20. The summed E-state index contributed by atoms with van der Waals surface area (Å²) in [5.41, 5.74) is 15.3. The Balaban J connectivity index is 1.07. The fourth-order valence-corrected chi connectivity index (χ4v) is 9.02. The van der Waals surface area contributed by atoms with Crippen molar-refractivity contribution in [3.8, 4) is 61.6 Å². The number of hydrogen-bond donors (Lipinski definition) is 0. The van der Waals surface area contributed by atoms with Gasteiger partial charge in [-0.05, 0) is 104 Å². The Kier molecular flexibility index (Phi) is 7.85. The van der Waals surface area contributed by atoms with Gasteiger partial charge in [-0.15, -0.1) is 0 Å². The van der Waals surface area contributed by atoms with E-state index in [0.29, 0.717) is 0 Å². The summed E-state index contributed by atoms with van der Waals surface area (Å²) in [6.07, 6.45) is 0. The van der Waals surface area contributed by atoms with Gasteiger partial charge in [0, 0.05) is 27.1 Å². The summed E-state index contributed by atoms with van der Waals surface area (Å²) < 4.78 is 8.56. The molecule has 0 saturated carbocycles. The molecule has 0 atom stereocenters. The number of fused-ring (bicyclic) bond motifs is 8. The first-order valence-corrected chi connectivity index (χ1v) is 20.4. The summed E-state index contributed by atoms with van der Waals surface area (Å²) in [6, 6.07) is 78.2. The van der Waals surface area contributed by atoms with Gasteiger partial charge in [0.25, 0.3) is 0 Å². The van der Waals surface area contributed by atoms with Crippen LogP contribution in [0.5, 0.6) is 0 Å². The SMILES string of the molecule is c1ccc(-c2ccc(-c3cc(-c4ccc(-c5ccccc5)cc4)nc(-n4c5ccc(-c6ccc7oc8ccccc8c7c6)cc5c5c6ccccc6ccc54)c3)cc2)cc1. The van der Waals surface area contributed by atoms with Gasteiger partial charge in [-0.1, -0.05) is 170 Å². The maximum Gasteiger partial charge on any atom is 0.138 e. The van der Waals surface area contributed by atoms with Crippen LogP contribution >= 0.6 is 0 Å². The Morgan fingerprint density at radius 1 is 0.317 bits per heavy atom. The van der Waals surface area contributed by atoms with Crippen molar-refractivity contribution in [1.82, 2.24) is 9.55 Å². The van der Waals surface area contributed by atoms with E-state index in [1.807, 2.05) is 12.1 Å². The molecule has 280 valence electrons. The first kappa shape index (κ1) is 34.1. The second kappa shape index (κ2) is 13.8. The van der Waals surface area contributed by atoms with Crippen molar-refractivity contribution < 1.29 is 4.42 Å². The van der Waals surface area contributed by atoms with Crippen molar-refractivity contribution in [3.63, 3.8) is 0 Å². The molecule has 0 aliphatic carbocycles. The van der Waals surface area contributed by atoms with Crippen LogP contribution in [0.2, 0.25) is 0 Å². The smallest absolute Gasteiger partial charge is 0.138 e. The summed E-state index contributed by atoms with van der Waals surface area (Å²) in [5, 5.41) is 7.08. The number of rotatable bonds is 6. The number of hydrogen-bond acceptors (Lipinski definition) is 2. The average Bonchev–Trinajstić information content (AvgIpc) is 3.87. The topological polar surface area (TPSA) is 31.0 Å². The lowest BCUT2D eigenvalue weighted by Crippen LogP contribution is -2.00. The van der Waals surface area contributed by atoms with Crippen LogP contribution in [0.4, 0.5) is 0 Å². The molecule has 0 fully saturated rings. The highest BCUT2D eigenvalue weighted by Crippen LogP contribution is 2.41. The van der Waals surface area contributed by atoms with Crippen LogP contribution in [0.3, 0.4) is 0 Å². The molecule has 0 aliphatic rings. The molecule has 0 N–H and O–H groups in total. The minimum atomic E-state index is 0.871. The van der Waals surface area contributed by atoms with E-state index >= 15 is 0 Å². The molecule has 60 heavy (non-hydrogen) atoms. The fraction of sp³-hybridized carbons (Fsp3) is 0.